The van der Waals surface area contributed by atoms with Crippen LogP contribution in [0.5, 0.6) is 0 Å². The topological polar surface area (TPSA) is 23.5 Å². The standard InChI is InChI=1S/C16H21F2NO/c17-14-5-4-12(15(18)9-14)10-19-8-7-16(20)6-2-1-3-13(16)11-19/h4-5,9,13,20H,1-3,6-8,10-11H2. The minimum absolute atomic E-state index is 0.300. The molecule has 20 heavy (non-hydrogen) atoms. The smallest absolute Gasteiger partial charge is 0.130 e. The second-order valence-electron chi connectivity index (χ2n) is 6.27. The van der Waals surface area contributed by atoms with Crippen LogP contribution >= 0.6 is 0 Å². The summed E-state index contributed by atoms with van der Waals surface area (Å²) in [6.07, 6.45) is 5.00. The molecule has 1 aromatic rings. The first-order valence-corrected chi connectivity index (χ1v) is 7.45. The Morgan fingerprint density at radius 2 is 2.10 bits per heavy atom. The number of fused-ring (bicyclic) bond motifs is 1. The van der Waals surface area contributed by atoms with E-state index in [2.05, 4.69) is 4.90 Å². The maximum Gasteiger partial charge on any atom is 0.130 e. The van der Waals surface area contributed by atoms with Crippen LogP contribution in [-0.4, -0.2) is 28.7 Å². The van der Waals surface area contributed by atoms with Crippen LogP contribution in [0.3, 0.4) is 0 Å². The van der Waals surface area contributed by atoms with Crippen LogP contribution in [0.15, 0.2) is 18.2 Å². The summed E-state index contributed by atoms with van der Waals surface area (Å²) >= 11 is 0. The predicted octanol–water partition coefficient (Wildman–Crippen LogP) is 3.09. The molecular formula is C16H21F2NO. The van der Waals surface area contributed by atoms with Crippen molar-refractivity contribution in [1.29, 1.82) is 0 Å². The van der Waals surface area contributed by atoms with E-state index in [0.29, 0.717) is 18.0 Å². The monoisotopic (exact) mass is 281 g/mol. The predicted molar refractivity (Wildman–Crippen MR) is 73.2 cm³/mol. The fourth-order valence-corrected chi connectivity index (χ4v) is 3.67. The van der Waals surface area contributed by atoms with Gasteiger partial charge in [0, 0.05) is 37.2 Å². The van der Waals surface area contributed by atoms with Crippen LogP contribution in [0, 0.1) is 17.6 Å². The van der Waals surface area contributed by atoms with Crippen LogP contribution in [0.25, 0.3) is 0 Å². The van der Waals surface area contributed by atoms with Crippen molar-refractivity contribution in [3.63, 3.8) is 0 Å². The molecule has 4 heteroatoms. The molecule has 2 unspecified atom stereocenters. The van der Waals surface area contributed by atoms with Crippen molar-refractivity contribution in [3.05, 3.63) is 35.4 Å². The zero-order chi connectivity index (χ0) is 14.2. The molecule has 1 heterocycles. The molecule has 0 radical (unpaired) electrons. The van der Waals surface area contributed by atoms with Crippen molar-refractivity contribution in [2.24, 2.45) is 5.92 Å². The zero-order valence-electron chi connectivity index (χ0n) is 11.6. The molecule has 0 aromatic heterocycles. The fraction of sp³-hybridized carbons (Fsp3) is 0.625. The van der Waals surface area contributed by atoms with Gasteiger partial charge in [-0.25, -0.2) is 8.78 Å². The lowest BCUT2D eigenvalue weighted by Gasteiger charge is -2.47. The van der Waals surface area contributed by atoms with E-state index in [1.54, 1.807) is 0 Å². The molecule has 110 valence electrons. The lowest BCUT2D eigenvalue weighted by molar-refractivity contribution is -0.0969. The Labute approximate surface area is 118 Å². The summed E-state index contributed by atoms with van der Waals surface area (Å²) in [5.41, 5.74) is 0.0310. The first-order chi connectivity index (χ1) is 9.57. The largest absolute Gasteiger partial charge is 0.390 e. The lowest BCUT2D eigenvalue weighted by atomic mass is 9.71. The Morgan fingerprint density at radius 3 is 2.90 bits per heavy atom. The van der Waals surface area contributed by atoms with E-state index in [0.717, 1.165) is 44.8 Å². The van der Waals surface area contributed by atoms with E-state index >= 15 is 0 Å². The normalized spacial score (nSPS) is 31.1. The quantitative estimate of drug-likeness (QED) is 0.900. The van der Waals surface area contributed by atoms with Crippen molar-refractivity contribution in [1.82, 2.24) is 4.90 Å². The first kappa shape index (κ1) is 14.0. The highest BCUT2D eigenvalue weighted by molar-refractivity contribution is 5.18. The Hall–Kier alpha value is -1.00. The van der Waals surface area contributed by atoms with Gasteiger partial charge in [0.1, 0.15) is 11.6 Å². The van der Waals surface area contributed by atoms with Crippen LogP contribution in [-0.2, 0) is 6.54 Å². The van der Waals surface area contributed by atoms with Gasteiger partial charge in [-0.1, -0.05) is 18.9 Å². The number of nitrogens with zero attached hydrogens (tertiary/aromatic N) is 1. The summed E-state index contributed by atoms with van der Waals surface area (Å²) in [5, 5.41) is 10.6. The highest BCUT2D eigenvalue weighted by Gasteiger charge is 2.42. The average Bonchev–Trinajstić information content (AvgIpc) is 2.42. The van der Waals surface area contributed by atoms with Gasteiger partial charge in [0.25, 0.3) is 0 Å². The van der Waals surface area contributed by atoms with Gasteiger partial charge in [0.2, 0.25) is 0 Å². The summed E-state index contributed by atoms with van der Waals surface area (Å²) in [7, 11) is 0. The first-order valence-electron chi connectivity index (χ1n) is 7.45. The van der Waals surface area contributed by atoms with Gasteiger partial charge >= 0.3 is 0 Å². The van der Waals surface area contributed by atoms with Crippen LogP contribution in [0.1, 0.15) is 37.7 Å². The molecule has 2 aliphatic rings. The Bertz CT molecular complexity index is 493. The van der Waals surface area contributed by atoms with E-state index in [-0.39, 0.29) is 0 Å². The van der Waals surface area contributed by atoms with E-state index in [4.69, 9.17) is 0 Å². The summed E-state index contributed by atoms with van der Waals surface area (Å²) < 4.78 is 26.6. The lowest BCUT2D eigenvalue weighted by Crippen LogP contribution is -2.53. The summed E-state index contributed by atoms with van der Waals surface area (Å²) in [4.78, 5) is 2.18. The Morgan fingerprint density at radius 1 is 1.25 bits per heavy atom. The third-order valence-corrected chi connectivity index (χ3v) is 4.92. The molecule has 1 aliphatic carbocycles. The SMILES string of the molecule is OC12CCCCC1CN(Cc1ccc(F)cc1F)CC2. The zero-order valence-corrected chi connectivity index (χ0v) is 11.6. The third kappa shape index (κ3) is 2.72. The molecule has 2 atom stereocenters. The van der Waals surface area contributed by atoms with E-state index in [1.165, 1.54) is 18.6 Å². The van der Waals surface area contributed by atoms with Crippen molar-refractivity contribution in [3.8, 4) is 0 Å². The molecule has 1 saturated carbocycles. The van der Waals surface area contributed by atoms with Gasteiger partial charge in [0.05, 0.1) is 5.60 Å². The number of likely N-dealkylation sites (tertiary alicyclic amines) is 1. The van der Waals surface area contributed by atoms with Gasteiger partial charge in [-0.05, 0) is 25.3 Å². The molecule has 1 aliphatic heterocycles. The van der Waals surface area contributed by atoms with Crippen molar-refractivity contribution in [2.45, 2.75) is 44.2 Å². The molecule has 0 amide bonds. The number of rotatable bonds is 2. The highest BCUT2D eigenvalue weighted by atomic mass is 19.1. The van der Waals surface area contributed by atoms with Gasteiger partial charge < -0.3 is 5.11 Å². The minimum atomic E-state index is -0.536. The summed E-state index contributed by atoms with van der Waals surface area (Å²) in [5.74, 6) is -0.713. The van der Waals surface area contributed by atoms with Crippen molar-refractivity contribution < 1.29 is 13.9 Å². The number of aliphatic hydroxyl groups is 1. The van der Waals surface area contributed by atoms with E-state index in [9.17, 15) is 13.9 Å². The van der Waals surface area contributed by atoms with Crippen molar-refractivity contribution >= 4 is 0 Å². The van der Waals surface area contributed by atoms with Crippen LogP contribution in [0.2, 0.25) is 0 Å². The van der Waals surface area contributed by atoms with Crippen molar-refractivity contribution in [2.75, 3.05) is 13.1 Å². The average molecular weight is 281 g/mol. The molecular weight excluding hydrogens is 260 g/mol. The molecule has 0 bridgehead atoms. The number of piperidine rings is 1. The molecule has 1 N–H and O–H groups in total. The molecule has 2 nitrogen and oxygen atoms in total. The number of hydrogen-bond donors (Lipinski definition) is 1. The van der Waals surface area contributed by atoms with E-state index < -0.39 is 17.2 Å². The van der Waals surface area contributed by atoms with Crippen LogP contribution < -0.4 is 0 Å². The van der Waals surface area contributed by atoms with Gasteiger partial charge in [-0.15, -0.1) is 0 Å². The van der Waals surface area contributed by atoms with Gasteiger partial charge in [0.15, 0.2) is 0 Å². The second kappa shape index (κ2) is 5.41. The number of benzene rings is 1. The summed E-state index contributed by atoms with van der Waals surface area (Å²) in [6.45, 7) is 2.09. The maximum atomic E-state index is 13.7. The third-order valence-electron chi connectivity index (χ3n) is 4.92. The highest BCUT2D eigenvalue weighted by Crippen LogP contribution is 2.40. The number of hydrogen-bond acceptors (Lipinski definition) is 2. The summed E-state index contributed by atoms with van der Waals surface area (Å²) in [6, 6.07) is 3.77. The number of halogens is 2. The van der Waals surface area contributed by atoms with E-state index in [1.807, 2.05) is 0 Å². The molecule has 2 fully saturated rings. The molecule has 3 rings (SSSR count). The Balaban J connectivity index is 1.67. The Kier molecular flexibility index (Phi) is 3.78. The molecule has 0 spiro atoms. The van der Waals surface area contributed by atoms with Crippen LogP contribution in [0.4, 0.5) is 8.78 Å². The molecule has 1 aromatic carbocycles. The minimum Gasteiger partial charge on any atom is -0.390 e. The molecule has 1 saturated heterocycles. The van der Waals surface area contributed by atoms with Gasteiger partial charge in [-0.2, -0.15) is 0 Å². The fourth-order valence-electron chi connectivity index (χ4n) is 3.67. The maximum absolute atomic E-state index is 13.7. The van der Waals surface area contributed by atoms with Gasteiger partial charge in [-0.3, -0.25) is 4.90 Å². The second-order valence-corrected chi connectivity index (χ2v) is 6.27.